The van der Waals surface area contributed by atoms with Crippen LogP contribution in [0.25, 0.3) is 0 Å². The van der Waals surface area contributed by atoms with Crippen molar-refractivity contribution in [1.29, 1.82) is 0 Å². The van der Waals surface area contributed by atoms with E-state index in [9.17, 15) is 4.57 Å². The Bertz CT molecular complexity index is 304. The molecule has 0 amide bonds. The van der Waals surface area contributed by atoms with Crippen LogP contribution in [0.3, 0.4) is 0 Å². The summed E-state index contributed by atoms with van der Waals surface area (Å²) >= 11 is 0. The van der Waals surface area contributed by atoms with Crippen LogP contribution in [0.1, 0.15) is 73.1 Å². The quantitative estimate of drug-likeness (QED) is 0.720. The van der Waals surface area contributed by atoms with Crippen molar-refractivity contribution in [1.82, 2.24) is 0 Å². The molecule has 2 N–H and O–H groups in total. The summed E-state index contributed by atoms with van der Waals surface area (Å²) in [5, 5.41) is 0. The van der Waals surface area contributed by atoms with E-state index in [1.54, 1.807) is 13.8 Å². The molecule has 21 heavy (non-hydrogen) atoms. The van der Waals surface area contributed by atoms with E-state index < -0.39 is 13.3 Å². The van der Waals surface area contributed by atoms with Crippen molar-refractivity contribution in [3.05, 3.63) is 0 Å². The Balaban J connectivity index is 0.000000433. The Labute approximate surface area is 129 Å². The van der Waals surface area contributed by atoms with E-state index in [-0.39, 0.29) is 6.29 Å². The van der Waals surface area contributed by atoms with Gasteiger partial charge in [0.25, 0.3) is 0 Å². The van der Waals surface area contributed by atoms with Gasteiger partial charge >= 0.3 is 7.60 Å². The molecule has 0 aromatic heterocycles. The minimum Gasteiger partial charge on any atom is -0.350 e. The van der Waals surface area contributed by atoms with Gasteiger partial charge in [-0.15, -0.1) is 0 Å². The Morgan fingerprint density at radius 3 is 2.24 bits per heavy atom. The fraction of sp³-hybridized carbons (Fsp3) is 1.00. The zero-order valence-electron chi connectivity index (χ0n) is 14.1. The molecule has 0 radical (unpaired) electrons. The standard InChI is InChI=1S/C11H22O2.C4H11O3P/c1-4-6-7-11-12-9(3)8-10(5-2)13-11;1-3-4(2)8(5,6)7/h9-11H,4-8H2,1-3H3;4H,3H2,1-2H3,(H2,5,6,7). The molecule has 0 aromatic carbocycles. The number of unbranched alkanes of at least 4 members (excludes halogenated alkanes) is 1. The van der Waals surface area contributed by atoms with E-state index in [1.807, 2.05) is 0 Å². The van der Waals surface area contributed by atoms with E-state index in [0.29, 0.717) is 18.6 Å². The first-order valence-corrected chi connectivity index (χ1v) is 9.78. The third-order valence-electron chi connectivity index (χ3n) is 3.74. The second-order valence-corrected chi connectivity index (χ2v) is 7.83. The van der Waals surface area contributed by atoms with E-state index in [2.05, 4.69) is 20.8 Å². The lowest BCUT2D eigenvalue weighted by Crippen LogP contribution is -2.36. The van der Waals surface area contributed by atoms with Crippen LogP contribution >= 0.6 is 7.60 Å². The van der Waals surface area contributed by atoms with Gasteiger partial charge in [-0.3, -0.25) is 4.57 Å². The van der Waals surface area contributed by atoms with Gasteiger partial charge in [0.2, 0.25) is 0 Å². The summed E-state index contributed by atoms with van der Waals surface area (Å²) in [5.41, 5.74) is -0.484. The van der Waals surface area contributed by atoms with Crippen molar-refractivity contribution in [3.8, 4) is 0 Å². The van der Waals surface area contributed by atoms with Crippen LogP contribution in [0.15, 0.2) is 0 Å². The third-order valence-corrected chi connectivity index (χ3v) is 5.25. The number of rotatable bonds is 6. The lowest BCUT2D eigenvalue weighted by atomic mass is 10.1. The van der Waals surface area contributed by atoms with Crippen LogP contribution in [0.2, 0.25) is 0 Å². The van der Waals surface area contributed by atoms with E-state index >= 15 is 0 Å². The van der Waals surface area contributed by atoms with Gasteiger partial charge in [0.1, 0.15) is 0 Å². The predicted molar refractivity (Wildman–Crippen MR) is 85.4 cm³/mol. The van der Waals surface area contributed by atoms with Crippen molar-refractivity contribution >= 4 is 7.60 Å². The molecule has 4 atom stereocenters. The van der Waals surface area contributed by atoms with Gasteiger partial charge < -0.3 is 19.3 Å². The molecule has 4 unspecified atom stereocenters. The van der Waals surface area contributed by atoms with Gasteiger partial charge in [-0.25, -0.2) is 0 Å². The highest BCUT2D eigenvalue weighted by molar-refractivity contribution is 7.52. The van der Waals surface area contributed by atoms with Crippen LogP contribution < -0.4 is 0 Å². The first-order chi connectivity index (χ1) is 9.74. The Hall–Kier alpha value is 0.0700. The van der Waals surface area contributed by atoms with Crippen molar-refractivity contribution in [2.75, 3.05) is 0 Å². The second-order valence-electron chi connectivity index (χ2n) is 5.77. The third kappa shape index (κ3) is 9.64. The average Bonchev–Trinajstić information content (AvgIpc) is 2.43. The monoisotopic (exact) mass is 324 g/mol. The lowest BCUT2D eigenvalue weighted by Gasteiger charge is -2.33. The summed E-state index contributed by atoms with van der Waals surface area (Å²) in [6, 6.07) is 0. The van der Waals surface area contributed by atoms with Crippen LogP contribution in [0.4, 0.5) is 0 Å². The molecule has 6 heteroatoms. The Morgan fingerprint density at radius 1 is 1.24 bits per heavy atom. The molecule has 1 aliphatic rings. The maximum atomic E-state index is 10.3. The van der Waals surface area contributed by atoms with Gasteiger partial charge in [-0.05, 0) is 39.0 Å². The van der Waals surface area contributed by atoms with E-state index in [0.717, 1.165) is 19.3 Å². The van der Waals surface area contributed by atoms with Crippen molar-refractivity contribution in [2.24, 2.45) is 0 Å². The molecule has 0 aliphatic carbocycles. The lowest BCUT2D eigenvalue weighted by molar-refractivity contribution is -0.241. The summed E-state index contributed by atoms with van der Waals surface area (Å²) < 4.78 is 21.7. The second kappa shape index (κ2) is 10.7. The summed E-state index contributed by atoms with van der Waals surface area (Å²) in [4.78, 5) is 16.8. The minimum absolute atomic E-state index is 0.0636. The van der Waals surface area contributed by atoms with Crippen LogP contribution in [0.5, 0.6) is 0 Å². The first kappa shape index (κ1) is 21.1. The zero-order chi connectivity index (χ0) is 16.5. The highest BCUT2D eigenvalue weighted by Crippen LogP contribution is 2.42. The zero-order valence-corrected chi connectivity index (χ0v) is 15.0. The van der Waals surface area contributed by atoms with Gasteiger partial charge in [-0.2, -0.15) is 0 Å². The predicted octanol–water partition coefficient (Wildman–Crippen LogP) is 4.07. The molecular formula is C15H33O5P. The SMILES string of the molecule is CCC(C)P(=O)(O)O.CCCCC1OC(C)CC(CC)O1. The fourth-order valence-electron chi connectivity index (χ4n) is 1.99. The van der Waals surface area contributed by atoms with Crippen molar-refractivity contribution in [2.45, 2.75) is 97.3 Å². The molecule has 0 aromatic rings. The molecule has 1 fully saturated rings. The maximum Gasteiger partial charge on any atom is 0.328 e. The van der Waals surface area contributed by atoms with Gasteiger partial charge in [0, 0.05) is 0 Å². The van der Waals surface area contributed by atoms with Gasteiger partial charge in [0.05, 0.1) is 17.9 Å². The molecule has 128 valence electrons. The molecule has 1 saturated heterocycles. The molecule has 1 heterocycles. The molecule has 0 bridgehead atoms. The highest BCUT2D eigenvalue weighted by Gasteiger charge is 2.25. The molecule has 0 spiro atoms. The molecular weight excluding hydrogens is 291 g/mol. The highest BCUT2D eigenvalue weighted by atomic mass is 31.2. The normalized spacial score (nSPS) is 27.7. The number of ether oxygens (including phenoxy) is 2. The molecule has 5 nitrogen and oxygen atoms in total. The Kier molecular flexibility index (Phi) is 10.8. The van der Waals surface area contributed by atoms with E-state index in [1.165, 1.54) is 12.8 Å². The number of hydrogen-bond acceptors (Lipinski definition) is 3. The Morgan fingerprint density at radius 2 is 1.86 bits per heavy atom. The molecule has 1 rings (SSSR count). The van der Waals surface area contributed by atoms with Crippen LogP contribution in [-0.2, 0) is 14.0 Å². The van der Waals surface area contributed by atoms with Crippen LogP contribution in [0, 0.1) is 0 Å². The summed E-state index contributed by atoms with van der Waals surface area (Å²) in [7, 11) is -3.76. The topological polar surface area (TPSA) is 76.0 Å². The molecule has 1 aliphatic heterocycles. The van der Waals surface area contributed by atoms with Crippen molar-refractivity contribution < 1.29 is 23.8 Å². The summed E-state index contributed by atoms with van der Waals surface area (Å²) in [5.74, 6) is 0. The largest absolute Gasteiger partial charge is 0.350 e. The number of hydrogen-bond donors (Lipinski definition) is 2. The summed E-state index contributed by atoms with van der Waals surface area (Å²) in [6.45, 7) is 9.82. The van der Waals surface area contributed by atoms with Crippen LogP contribution in [-0.4, -0.2) is 33.9 Å². The fourth-order valence-corrected chi connectivity index (χ4v) is 2.47. The molecule has 0 saturated carbocycles. The van der Waals surface area contributed by atoms with E-state index in [4.69, 9.17) is 19.3 Å². The van der Waals surface area contributed by atoms with Crippen molar-refractivity contribution in [3.63, 3.8) is 0 Å². The van der Waals surface area contributed by atoms with Gasteiger partial charge in [0.15, 0.2) is 6.29 Å². The minimum atomic E-state index is -3.76. The average molecular weight is 324 g/mol. The first-order valence-electron chi connectivity index (χ1n) is 8.10. The van der Waals surface area contributed by atoms with Gasteiger partial charge in [-0.1, -0.05) is 34.1 Å². The maximum absolute atomic E-state index is 10.3. The summed E-state index contributed by atoms with van der Waals surface area (Å²) in [6.07, 6.45) is 7.03. The smallest absolute Gasteiger partial charge is 0.328 e.